The first kappa shape index (κ1) is 20.0. The van der Waals surface area contributed by atoms with Gasteiger partial charge in [-0.25, -0.2) is 28.1 Å². The van der Waals surface area contributed by atoms with E-state index in [9.17, 15) is 8.42 Å². The van der Waals surface area contributed by atoms with E-state index in [1.54, 1.807) is 11.6 Å². The Labute approximate surface area is 164 Å². The monoisotopic (exact) mass is 403 g/mol. The summed E-state index contributed by atoms with van der Waals surface area (Å²) in [6, 6.07) is 5.65. The Morgan fingerprint density at radius 1 is 1.11 bits per heavy atom. The van der Waals surface area contributed by atoms with Gasteiger partial charge in [0.1, 0.15) is 23.3 Å². The third-order valence-electron chi connectivity index (χ3n) is 4.10. The number of sulfonamides is 1. The number of rotatable bonds is 8. The Hall–Kier alpha value is -2.72. The molecule has 0 aliphatic heterocycles. The summed E-state index contributed by atoms with van der Waals surface area (Å²) in [5, 5.41) is 3.16. The average molecular weight is 404 g/mol. The van der Waals surface area contributed by atoms with Crippen LogP contribution in [0.2, 0.25) is 0 Å². The van der Waals surface area contributed by atoms with E-state index in [0.717, 1.165) is 11.6 Å². The van der Waals surface area contributed by atoms with Crippen molar-refractivity contribution >= 4 is 15.8 Å². The molecule has 0 aliphatic rings. The minimum Gasteiger partial charge on any atom is -0.369 e. The third-order valence-corrected chi connectivity index (χ3v) is 5.43. The lowest BCUT2D eigenvalue weighted by molar-refractivity contribution is 0.579. The highest BCUT2D eigenvalue weighted by molar-refractivity contribution is 7.89. The van der Waals surface area contributed by atoms with E-state index in [4.69, 9.17) is 0 Å². The lowest BCUT2D eigenvalue weighted by Crippen LogP contribution is -2.29. The molecule has 3 aromatic heterocycles. The molecule has 0 saturated carbocycles. The number of aryl methyl sites for hydroxylation is 2. The summed E-state index contributed by atoms with van der Waals surface area (Å²) in [6.07, 6.45) is 5.33. The second kappa shape index (κ2) is 8.11. The van der Waals surface area contributed by atoms with Crippen LogP contribution in [0.25, 0.3) is 5.82 Å². The molecule has 9 nitrogen and oxygen atoms in total. The Balaban J connectivity index is 1.60. The Morgan fingerprint density at radius 2 is 1.82 bits per heavy atom. The van der Waals surface area contributed by atoms with Crippen molar-refractivity contribution < 1.29 is 8.42 Å². The maximum absolute atomic E-state index is 12.5. The Kier molecular flexibility index (Phi) is 5.80. The fourth-order valence-electron chi connectivity index (χ4n) is 2.83. The van der Waals surface area contributed by atoms with Crippen LogP contribution in [-0.4, -0.2) is 45.6 Å². The first-order valence-corrected chi connectivity index (χ1v) is 10.5. The van der Waals surface area contributed by atoms with E-state index in [0.29, 0.717) is 18.2 Å². The molecule has 150 valence electrons. The van der Waals surface area contributed by atoms with Crippen LogP contribution in [-0.2, 0) is 17.1 Å². The van der Waals surface area contributed by atoms with Gasteiger partial charge in [0.05, 0.1) is 0 Å². The van der Waals surface area contributed by atoms with Crippen molar-refractivity contribution in [1.29, 1.82) is 0 Å². The van der Waals surface area contributed by atoms with E-state index in [-0.39, 0.29) is 17.5 Å². The first-order chi connectivity index (χ1) is 13.3. The molecular weight excluding hydrogens is 378 g/mol. The predicted molar refractivity (Wildman–Crippen MR) is 107 cm³/mol. The van der Waals surface area contributed by atoms with Gasteiger partial charge in [-0.3, -0.25) is 0 Å². The number of aromatic nitrogens is 5. The van der Waals surface area contributed by atoms with Crippen LogP contribution in [0.5, 0.6) is 0 Å². The van der Waals surface area contributed by atoms with Crippen molar-refractivity contribution in [3.8, 4) is 5.82 Å². The fraction of sp³-hybridized carbons (Fsp3) is 0.389. The van der Waals surface area contributed by atoms with Crippen LogP contribution >= 0.6 is 0 Å². The van der Waals surface area contributed by atoms with Crippen LogP contribution in [0.4, 0.5) is 5.82 Å². The number of imidazole rings is 1. The van der Waals surface area contributed by atoms with Crippen molar-refractivity contribution in [1.82, 2.24) is 28.8 Å². The van der Waals surface area contributed by atoms with Gasteiger partial charge in [-0.15, -0.1) is 0 Å². The van der Waals surface area contributed by atoms with Crippen LogP contribution in [0, 0.1) is 6.92 Å². The SMILES string of the molecule is Cc1nc(NCCNS(=O)(=O)c2cn(C)c(C(C)C)n2)cc(-n2cccc2)n1. The molecule has 0 atom stereocenters. The number of nitrogens with zero attached hydrogens (tertiary/aromatic N) is 5. The van der Waals surface area contributed by atoms with Gasteiger partial charge in [0, 0.05) is 50.7 Å². The van der Waals surface area contributed by atoms with Crippen LogP contribution < -0.4 is 10.0 Å². The molecular formula is C18H25N7O2S. The number of nitrogens with one attached hydrogen (secondary N) is 2. The van der Waals surface area contributed by atoms with Gasteiger partial charge < -0.3 is 14.5 Å². The summed E-state index contributed by atoms with van der Waals surface area (Å²) in [5.41, 5.74) is 0. The summed E-state index contributed by atoms with van der Waals surface area (Å²) < 4.78 is 31.1. The lowest BCUT2D eigenvalue weighted by Gasteiger charge is -2.10. The standard InChI is InChI=1S/C18H25N7O2S/c1-13(2)18-23-17(12-24(18)4)28(26,27)20-8-7-19-15-11-16(22-14(3)21-15)25-9-5-6-10-25/h5-6,9-13,20H,7-8H2,1-4H3,(H,19,21,22). The number of hydrogen-bond donors (Lipinski definition) is 2. The topological polar surface area (TPSA) is 107 Å². The predicted octanol–water partition coefficient (Wildman–Crippen LogP) is 1.82. The normalized spacial score (nSPS) is 11.9. The third kappa shape index (κ3) is 4.57. The molecule has 10 heteroatoms. The van der Waals surface area contributed by atoms with E-state index in [2.05, 4.69) is 25.0 Å². The minimum atomic E-state index is -3.66. The molecule has 0 radical (unpaired) electrons. The zero-order chi connectivity index (χ0) is 20.3. The van der Waals surface area contributed by atoms with Gasteiger partial charge >= 0.3 is 0 Å². The molecule has 3 rings (SSSR count). The van der Waals surface area contributed by atoms with Crippen LogP contribution in [0.3, 0.4) is 0 Å². The van der Waals surface area contributed by atoms with E-state index in [1.807, 2.05) is 55.9 Å². The maximum Gasteiger partial charge on any atom is 0.259 e. The molecule has 0 spiro atoms. The molecule has 0 unspecified atom stereocenters. The summed E-state index contributed by atoms with van der Waals surface area (Å²) >= 11 is 0. The van der Waals surface area contributed by atoms with Gasteiger partial charge in [0.15, 0.2) is 5.03 Å². The molecule has 0 aliphatic carbocycles. The quantitative estimate of drug-likeness (QED) is 0.556. The van der Waals surface area contributed by atoms with Gasteiger partial charge in [-0.2, -0.15) is 0 Å². The summed E-state index contributed by atoms with van der Waals surface area (Å²) in [7, 11) is -1.87. The van der Waals surface area contributed by atoms with Gasteiger partial charge in [0.2, 0.25) is 0 Å². The second-order valence-corrected chi connectivity index (χ2v) is 8.49. The highest BCUT2D eigenvalue weighted by Gasteiger charge is 2.20. The van der Waals surface area contributed by atoms with Crippen molar-refractivity contribution in [3.05, 3.63) is 48.4 Å². The zero-order valence-electron chi connectivity index (χ0n) is 16.4. The Bertz CT molecular complexity index is 1040. The summed E-state index contributed by atoms with van der Waals surface area (Å²) in [5.74, 6) is 2.88. The Morgan fingerprint density at radius 3 is 2.46 bits per heavy atom. The molecule has 0 amide bonds. The zero-order valence-corrected chi connectivity index (χ0v) is 17.2. The van der Waals surface area contributed by atoms with Gasteiger partial charge in [-0.05, 0) is 19.1 Å². The molecule has 0 saturated heterocycles. The minimum absolute atomic E-state index is 0.0338. The molecule has 28 heavy (non-hydrogen) atoms. The largest absolute Gasteiger partial charge is 0.369 e. The van der Waals surface area contributed by atoms with Gasteiger partial charge in [-0.1, -0.05) is 13.8 Å². The van der Waals surface area contributed by atoms with Crippen molar-refractivity contribution in [2.75, 3.05) is 18.4 Å². The van der Waals surface area contributed by atoms with Gasteiger partial charge in [0.25, 0.3) is 10.0 Å². The van der Waals surface area contributed by atoms with E-state index >= 15 is 0 Å². The molecule has 3 heterocycles. The molecule has 3 aromatic rings. The molecule has 0 fully saturated rings. The van der Waals surface area contributed by atoms with Crippen molar-refractivity contribution in [2.24, 2.45) is 7.05 Å². The highest BCUT2D eigenvalue weighted by Crippen LogP contribution is 2.16. The fourth-order valence-corrected chi connectivity index (χ4v) is 3.86. The van der Waals surface area contributed by atoms with Crippen LogP contribution in [0.15, 0.2) is 41.8 Å². The second-order valence-electron chi connectivity index (χ2n) is 6.78. The summed E-state index contributed by atoms with van der Waals surface area (Å²) in [6.45, 7) is 6.35. The van der Waals surface area contributed by atoms with E-state index in [1.165, 1.54) is 6.20 Å². The molecule has 0 bridgehead atoms. The summed E-state index contributed by atoms with van der Waals surface area (Å²) in [4.78, 5) is 13.0. The van der Waals surface area contributed by atoms with Crippen LogP contribution in [0.1, 0.15) is 31.4 Å². The first-order valence-electron chi connectivity index (χ1n) is 9.02. The number of hydrogen-bond acceptors (Lipinski definition) is 6. The maximum atomic E-state index is 12.5. The van der Waals surface area contributed by atoms with Crippen molar-refractivity contribution in [3.63, 3.8) is 0 Å². The van der Waals surface area contributed by atoms with E-state index < -0.39 is 10.0 Å². The molecule has 0 aromatic carbocycles. The lowest BCUT2D eigenvalue weighted by atomic mass is 10.2. The highest BCUT2D eigenvalue weighted by atomic mass is 32.2. The van der Waals surface area contributed by atoms with Crippen molar-refractivity contribution in [2.45, 2.75) is 31.7 Å². The number of anilines is 1. The smallest absolute Gasteiger partial charge is 0.259 e. The molecule has 2 N–H and O–H groups in total. The average Bonchev–Trinajstić information content (AvgIpc) is 3.28.